The van der Waals surface area contributed by atoms with Gasteiger partial charge in [-0.15, -0.1) is 0 Å². The third-order valence-corrected chi connectivity index (χ3v) is 4.14. The van der Waals surface area contributed by atoms with Gasteiger partial charge in [0.15, 0.2) is 0 Å². The fraction of sp³-hybridized carbons (Fsp3) is 0.0588. The summed E-state index contributed by atoms with van der Waals surface area (Å²) in [5, 5.41) is 1.80. The lowest BCUT2D eigenvalue weighted by atomic mass is 10.1. The lowest BCUT2D eigenvalue weighted by Gasteiger charge is -2.08. The number of hydrogen-bond acceptors (Lipinski definition) is 6. The summed E-state index contributed by atoms with van der Waals surface area (Å²) in [6.45, 7) is 2.03. The van der Waals surface area contributed by atoms with Crippen LogP contribution in [0.1, 0.15) is 5.56 Å². The van der Waals surface area contributed by atoms with E-state index in [4.69, 9.17) is 5.73 Å². The number of rotatable bonds is 2. The minimum absolute atomic E-state index is 0.588. The molecule has 0 fully saturated rings. The normalized spacial score (nSPS) is 11.0. The topological polar surface area (TPSA) is 77.6 Å². The van der Waals surface area contributed by atoms with Gasteiger partial charge in [-0.3, -0.25) is 4.98 Å². The fourth-order valence-corrected chi connectivity index (χ4v) is 2.91. The predicted octanol–water partition coefficient (Wildman–Crippen LogP) is 3.51. The zero-order valence-electron chi connectivity index (χ0n) is 12.3. The molecule has 0 saturated heterocycles. The first-order valence-electron chi connectivity index (χ1n) is 7.03. The van der Waals surface area contributed by atoms with Gasteiger partial charge in [0.05, 0.1) is 22.6 Å². The van der Waals surface area contributed by atoms with E-state index in [0.717, 1.165) is 33.7 Å². The smallest absolute Gasteiger partial charge is 0.112 e. The summed E-state index contributed by atoms with van der Waals surface area (Å²) in [6.07, 6.45) is 3.57. The van der Waals surface area contributed by atoms with Gasteiger partial charge in [0, 0.05) is 29.4 Å². The largest absolute Gasteiger partial charge is 0.397 e. The van der Waals surface area contributed by atoms with Crippen molar-refractivity contribution in [1.82, 2.24) is 19.3 Å². The average Bonchev–Trinajstić information content (AvgIpc) is 3.09. The Kier molecular flexibility index (Phi) is 3.24. The molecule has 4 aromatic rings. The molecule has 0 aliphatic rings. The number of nitrogen functional groups attached to an aromatic ring is 1. The van der Waals surface area contributed by atoms with Gasteiger partial charge in [-0.25, -0.2) is 9.97 Å². The van der Waals surface area contributed by atoms with Crippen molar-refractivity contribution in [1.29, 1.82) is 0 Å². The third-order valence-electron chi connectivity index (χ3n) is 3.63. The van der Waals surface area contributed by atoms with E-state index in [2.05, 4.69) is 25.4 Å². The highest BCUT2D eigenvalue weighted by atomic mass is 32.1. The number of aryl methyl sites for hydroxylation is 1. The van der Waals surface area contributed by atoms with E-state index in [0.29, 0.717) is 11.2 Å². The van der Waals surface area contributed by atoms with Crippen LogP contribution in [0, 0.1) is 13.0 Å². The first kappa shape index (κ1) is 13.8. The van der Waals surface area contributed by atoms with Crippen molar-refractivity contribution in [2.45, 2.75) is 6.92 Å². The second kappa shape index (κ2) is 5.40. The van der Waals surface area contributed by atoms with Crippen molar-refractivity contribution < 1.29 is 0 Å². The maximum Gasteiger partial charge on any atom is 0.112 e. The van der Waals surface area contributed by atoms with Gasteiger partial charge in [0.1, 0.15) is 11.2 Å². The van der Waals surface area contributed by atoms with Crippen LogP contribution in [-0.4, -0.2) is 19.3 Å². The lowest BCUT2D eigenvalue weighted by molar-refractivity contribution is 1.26. The number of anilines is 1. The number of pyridine rings is 3. The molecule has 0 atom stereocenters. The van der Waals surface area contributed by atoms with Gasteiger partial charge < -0.3 is 5.73 Å². The first-order valence-corrected chi connectivity index (χ1v) is 7.87. The summed E-state index contributed by atoms with van der Waals surface area (Å²) in [6, 6.07) is 10.7. The zero-order valence-corrected chi connectivity index (χ0v) is 13.1. The molecule has 5 nitrogen and oxygen atoms in total. The Bertz CT molecular complexity index is 995. The molecule has 23 heavy (non-hydrogen) atoms. The Morgan fingerprint density at radius 2 is 2.04 bits per heavy atom. The van der Waals surface area contributed by atoms with E-state index >= 15 is 0 Å². The molecule has 4 aromatic heterocycles. The Hall–Kier alpha value is -2.86. The van der Waals surface area contributed by atoms with Crippen LogP contribution >= 0.6 is 11.5 Å². The third kappa shape index (κ3) is 2.43. The van der Waals surface area contributed by atoms with Crippen LogP contribution in [0.15, 0.2) is 42.0 Å². The minimum atomic E-state index is 0.588. The standard InChI is InChI=1S/C17H12N5S/c1-10-4-6-19-9-11(10)16-8-12(18)17-15(20-16)3-2-13(21-17)14-5-7-23-22-14/h2-4,6-9H,1H3,(H2,18,20). The van der Waals surface area contributed by atoms with Crippen LogP contribution in [0.4, 0.5) is 5.69 Å². The molecule has 0 saturated carbocycles. The number of fused-ring (bicyclic) bond motifs is 1. The molecule has 0 aliphatic heterocycles. The molecule has 0 unspecified atom stereocenters. The molecule has 1 radical (unpaired) electrons. The maximum atomic E-state index is 6.22. The van der Waals surface area contributed by atoms with E-state index in [1.165, 1.54) is 11.5 Å². The van der Waals surface area contributed by atoms with Gasteiger partial charge >= 0.3 is 0 Å². The van der Waals surface area contributed by atoms with E-state index in [1.807, 2.05) is 31.2 Å². The molecular formula is C17H12N5S. The number of hydrogen-bond donors (Lipinski definition) is 1. The highest BCUT2D eigenvalue weighted by Gasteiger charge is 2.11. The quantitative estimate of drug-likeness (QED) is 0.612. The van der Waals surface area contributed by atoms with E-state index in [1.54, 1.807) is 17.8 Å². The average molecular weight is 318 g/mol. The zero-order chi connectivity index (χ0) is 15.8. The van der Waals surface area contributed by atoms with Gasteiger partial charge in [-0.05, 0) is 48.3 Å². The summed E-state index contributed by atoms with van der Waals surface area (Å²) in [5.74, 6) is 0. The molecule has 0 spiro atoms. The van der Waals surface area contributed by atoms with Crippen LogP contribution in [-0.2, 0) is 0 Å². The summed E-state index contributed by atoms with van der Waals surface area (Å²) >= 11 is 1.35. The van der Waals surface area contributed by atoms with Crippen molar-refractivity contribution in [2.24, 2.45) is 0 Å². The van der Waals surface area contributed by atoms with Gasteiger partial charge in [0.25, 0.3) is 0 Å². The van der Waals surface area contributed by atoms with Gasteiger partial charge in [0.2, 0.25) is 0 Å². The van der Waals surface area contributed by atoms with Gasteiger partial charge in [-0.1, -0.05) is 0 Å². The van der Waals surface area contributed by atoms with E-state index < -0.39 is 0 Å². The highest BCUT2D eigenvalue weighted by Crippen LogP contribution is 2.28. The molecule has 6 heteroatoms. The summed E-state index contributed by atoms with van der Waals surface area (Å²) < 4.78 is 4.25. The van der Waals surface area contributed by atoms with Crippen molar-refractivity contribution in [3.05, 3.63) is 53.7 Å². The highest BCUT2D eigenvalue weighted by molar-refractivity contribution is 7.03. The summed E-state index contributed by atoms with van der Waals surface area (Å²) in [4.78, 5) is 13.4. The Balaban J connectivity index is 1.89. The van der Waals surface area contributed by atoms with E-state index in [9.17, 15) is 0 Å². The second-order valence-corrected chi connectivity index (χ2v) is 5.79. The van der Waals surface area contributed by atoms with Crippen LogP contribution in [0.2, 0.25) is 0 Å². The number of nitrogens with two attached hydrogens (primary N) is 1. The molecule has 0 aromatic carbocycles. The number of nitrogens with zero attached hydrogens (tertiary/aromatic N) is 4. The molecule has 4 heterocycles. The maximum absolute atomic E-state index is 6.22. The molecule has 111 valence electrons. The van der Waals surface area contributed by atoms with Crippen LogP contribution in [0.5, 0.6) is 0 Å². The van der Waals surface area contributed by atoms with Crippen molar-refractivity contribution in [3.63, 3.8) is 0 Å². The fourth-order valence-electron chi connectivity index (χ4n) is 2.44. The predicted molar refractivity (Wildman–Crippen MR) is 91.9 cm³/mol. The van der Waals surface area contributed by atoms with Crippen molar-refractivity contribution in [3.8, 4) is 22.6 Å². The Morgan fingerprint density at radius 3 is 2.83 bits per heavy atom. The molecule has 0 amide bonds. The molecule has 4 rings (SSSR count). The van der Waals surface area contributed by atoms with Gasteiger partial charge in [-0.2, -0.15) is 4.37 Å². The number of aromatic nitrogens is 4. The van der Waals surface area contributed by atoms with Crippen molar-refractivity contribution in [2.75, 3.05) is 5.73 Å². The lowest BCUT2D eigenvalue weighted by Crippen LogP contribution is -1.97. The van der Waals surface area contributed by atoms with Crippen LogP contribution < -0.4 is 5.73 Å². The molecule has 0 aliphatic carbocycles. The molecule has 2 N–H and O–H groups in total. The first-order chi connectivity index (χ1) is 11.2. The van der Waals surface area contributed by atoms with E-state index in [-0.39, 0.29) is 0 Å². The van der Waals surface area contributed by atoms with Crippen molar-refractivity contribution >= 4 is 28.3 Å². The summed E-state index contributed by atoms with van der Waals surface area (Å²) in [5.41, 5.74) is 12.6. The van der Waals surface area contributed by atoms with Crippen LogP contribution in [0.3, 0.4) is 0 Å². The second-order valence-electron chi connectivity index (χ2n) is 5.16. The summed E-state index contributed by atoms with van der Waals surface area (Å²) in [7, 11) is 0. The van der Waals surface area contributed by atoms with Crippen LogP contribution in [0.25, 0.3) is 33.7 Å². The molecule has 0 bridgehead atoms. The minimum Gasteiger partial charge on any atom is -0.397 e. The monoisotopic (exact) mass is 318 g/mol. The molecular weight excluding hydrogens is 306 g/mol. The SMILES string of the molecule is Cc1ccncc1-c1cc(N)c2nc(-c3[c]csn3)ccc2n1. The Labute approximate surface area is 137 Å². The Morgan fingerprint density at radius 1 is 1.13 bits per heavy atom.